The number of rotatable bonds is 11. The van der Waals surface area contributed by atoms with Gasteiger partial charge in [-0.15, -0.1) is 0 Å². The molecule has 1 aromatic rings. The van der Waals surface area contributed by atoms with Crippen molar-refractivity contribution >= 4 is 35.4 Å². The monoisotopic (exact) mass is 883 g/mol. The number of hydrogen-bond acceptors (Lipinski definition) is 17. The van der Waals surface area contributed by atoms with Gasteiger partial charge in [-0.05, 0) is 43.2 Å². The first kappa shape index (κ1) is 42.7. The highest BCUT2D eigenvalue weighted by Crippen LogP contribution is 2.83. The summed E-state index contributed by atoms with van der Waals surface area (Å²) in [6.07, 6.45) is -6.07. The van der Waals surface area contributed by atoms with Crippen molar-refractivity contribution < 1.29 is 82.3 Å². The van der Waals surface area contributed by atoms with Crippen LogP contribution in [0.4, 0.5) is 0 Å². The van der Waals surface area contributed by atoms with Crippen LogP contribution in [0.2, 0.25) is 0 Å². The Hall–Kier alpha value is -4.25. The number of hydrogen-bond donors (Lipinski definition) is 6. The molecular weight excluding hydrogens is 830 g/mol. The van der Waals surface area contributed by atoms with Crippen molar-refractivity contribution in [3.63, 3.8) is 0 Å². The number of carbonyl (C=O) groups excluding carboxylic acids is 5. The minimum Gasteiger partial charge on any atom is -0.461 e. The van der Waals surface area contributed by atoms with Gasteiger partial charge < -0.3 is 73.5 Å². The van der Waals surface area contributed by atoms with Gasteiger partial charge in [0.05, 0.1) is 25.4 Å². The number of epoxide rings is 3. The molecule has 10 rings (SSSR count). The Bertz CT molecular complexity index is 2170. The van der Waals surface area contributed by atoms with Crippen molar-refractivity contribution in [1.82, 2.24) is 15.1 Å². The third-order valence-electron chi connectivity index (χ3n) is 15.5. The predicted molar refractivity (Wildman–Crippen MR) is 207 cm³/mol. The molecule has 0 aromatic carbocycles. The summed E-state index contributed by atoms with van der Waals surface area (Å²) in [5.41, 5.74) is -2.04. The number of ether oxygens (including phenoxy) is 6. The summed E-state index contributed by atoms with van der Waals surface area (Å²) in [6, 6.07) is 1.83. The smallest absolute Gasteiger partial charge is 0.339 e. The van der Waals surface area contributed by atoms with Gasteiger partial charge in [-0.1, -0.05) is 20.8 Å². The molecule has 7 heterocycles. The zero-order valence-electron chi connectivity index (χ0n) is 35.1. The van der Waals surface area contributed by atoms with Crippen molar-refractivity contribution in [1.29, 1.82) is 0 Å². The van der Waals surface area contributed by atoms with Gasteiger partial charge >= 0.3 is 11.9 Å². The Morgan fingerprint density at radius 2 is 1.63 bits per heavy atom. The van der Waals surface area contributed by atoms with Gasteiger partial charge in [0.2, 0.25) is 23.5 Å². The number of carbonyl (C=O) groups is 5. The lowest BCUT2D eigenvalue weighted by molar-refractivity contribution is -0.253. The van der Waals surface area contributed by atoms with Crippen LogP contribution in [0.1, 0.15) is 71.5 Å². The first-order chi connectivity index (χ1) is 30.0. The van der Waals surface area contributed by atoms with Gasteiger partial charge in [0, 0.05) is 62.0 Å². The summed E-state index contributed by atoms with van der Waals surface area (Å²) >= 11 is 0. The number of nitrogens with zero attached hydrogens (tertiary/aromatic N) is 2. The fourth-order valence-corrected chi connectivity index (χ4v) is 12.1. The number of allylic oxidation sites excluding steroid dienone is 1. The van der Waals surface area contributed by atoms with Gasteiger partial charge in [-0.25, -0.2) is 4.79 Å². The Morgan fingerprint density at radius 1 is 0.937 bits per heavy atom. The minimum absolute atomic E-state index is 0.0429. The van der Waals surface area contributed by atoms with E-state index in [4.69, 9.17) is 32.8 Å². The van der Waals surface area contributed by atoms with E-state index in [2.05, 4.69) is 12.2 Å². The second-order valence-corrected chi connectivity index (χ2v) is 18.8. The van der Waals surface area contributed by atoms with Gasteiger partial charge in [0.1, 0.15) is 53.9 Å². The minimum atomic E-state index is -1.69. The second kappa shape index (κ2) is 14.9. The van der Waals surface area contributed by atoms with Crippen molar-refractivity contribution in [2.24, 2.45) is 17.3 Å². The highest BCUT2D eigenvalue weighted by molar-refractivity contribution is 5.97. The van der Waals surface area contributed by atoms with E-state index in [0.717, 1.165) is 0 Å². The molecule has 0 radical (unpaired) electrons. The molecule has 20 heteroatoms. The van der Waals surface area contributed by atoms with Gasteiger partial charge in [0.25, 0.3) is 0 Å². The molecule has 5 saturated heterocycles. The van der Waals surface area contributed by atoms with Crippen LogP contribution < -0.4 is 5.32 Å². The van der Waals surface area contributed by atoms with Crippen LogP contribution in [0.3, 0.4) is 0 Å². The molecule has 14 atom stereocenters. The molecule has 2 saturated carbocycles. The van der Waals surface area contributed by atoms with Gasteiger partial charge in [-0.3, -0.25) is 19.2 Å². The van der Waals surface area contributed by atoms with E-state index in [9.17, 15) is 49.5 Å². The first-order valence-electron chi connectivity index (χ1n) is 21.8. The summed E-state index contributed by atoms with van der Waals surface area (Å²) in [7, 11) is 0. The topological polar surface area (TPSA) is 283 Å². The summed E-state index contributed by atoms with van der Waals surface area (Å²) in [4.78, 5) is 69.0. The Labute approximate surface area is 361 Å². The van der Waals surface area contributed by atoms with E-state index < -0.39 is 83.4 Å². The molecule has 7 fully saturated rings. The van der Waals surface area contributed by atoms with Crippen LogP contribution >= 0.6 is 0 Å². The van der Waals surface area contributed by atoms with E-state index in [0.29, 0.717) is 30.4 Å². The van der Waals surface area contributed by atoms with Crippen molar-refractivity contribution in [3.8, 4) is 0 Å². The van der Waals surface area contributed by atoms with E-state index in [1.807, 2.05) is 13.8 Å². The highest BCUT2D eigenvalue weighted by Gasteiger charge is 3.00. The van der Waals surface area contributed by atoms with Crippen molar-refractivity contribution in [3.05, 3.63) is 41.1 Å². The van der Waals surface area contributed by atoms with Gasteiger partial charge in [0.15, 0.2) is 23.4 Å². The second-order valence-electron chi connectivity index (χ2n) is 18.8. The lowest BCUT2D eigenvalue weighted by Crippen LogP contribution is -2.69. The maximum absolute atomic E-state index is 13.6. The number of nitrogens with one attached hydrogen (secondary N) is 1. The van der Waals surface area contributed by atoms with E-state index >= 15 is 0 Å². The molecule has 9 aliphatic rings. The number of cyclic esters (lactones) is 1. The molecule has 3 aliphatic carbocycles. The Balaban J connectivity index is 0.763. The fraction of sp³-hybridized carbons (Fsp3) is 0.698. The van der Waals surface area contributed by atoms with Crippen molar-refractivity contribution in [2.75, 3.05) is 32.8 Å². The SMILES string of the molecule is CC(C)[C@]12O[C@H]1[C@@H]1O[C@]13[C@]1(O[C@H]1CC1C4=C(CC[C@@]13C)C(=O)O/C4=C(/OC(=O)CCC(=O)N1CCN(C(=O)CCC(=O)N[C@H]3C(O)O[C@H](CO)[C@@H](O)[C@@H]3O)CC1)c1ccco1)[C@@H]2O. The molecule has 63 heavy (non-hydrogen) atoms. The first-order valence-corrected chi connectivity index (χ1v) is 21.8. The Kier molecular flexibility index (Phi) is 10.1. The normalized spacial score (nSPS) is 42.5. The molecule has 20 nitrogen and oxygen atoms in total. The van der Waals surface area contributed by atoms with Crippen LogP contribution in [0.5, 0.6) is 0 Å². The molecule has 6 aliphatic heterocycles. The molecule has 2 unspecified atom stereocenters. The Morgan fingerprint density at radius 3 is 2.29 bits per heavy atom. The zero-order valence-corrected chi connectivity index (χ0v) is 35.1. The maximum atomic E-state index is 13.6. The van der Waals surface area contributed by atoms with E-state index in [-0.39, 0.29) is 111 Å². The number of piperazine rings is 1. The third-order valence-corrected chi connectivity index (χ3v) is 15.5. The summed E-state index contributed by atoms with van der Waals surface area (Å²) in [5, 5.41) is 54.0. The number of esters is 2. The van der Waals surface area contributed by atoms with E-state index in [1.54, 1.807) is 12.1 Å². The molecule has 1 aromatic heterocycles. The zero-order chi connectivity index (χ0) is 44.5. The predicted octanol–water partition coefficient (Wildman–Crippen LogP) is -1.24. The average molecular weight is 884 g/mol. The number of fused-ring (bicyclic) bond motifs is 4. The number of aliphatic hydroxyl groups is 5. The van der Waals surface area contributed by atoms with Gasteiger partial charge in [-0.2, -0.15) is 0 Å². The lowest BCUT2D eigenvalue weighted by Gasteiger charge is -2.53. The van der Waals surface area contributed by atoms with Crippen LogP contribution in [-0.2, 0) is 52.4 Å². The van der Waals surface area contributed by atoms with Crippen molar-refractivity contribution in [2.45, 2.75) is 138 Å². The molecule has 6 N–H and O–H groups in total. The molecular formula is C43H53N3O17. The third kappa shape index (κ3) is 6.08. The molecule has 2 spiro atoms. The fourth-order valence-electron chi connectivity index (χ4n) is 12.1. The maximum Gasteiger partial charge on any atom is 0.339 e. The molecule has 0 bridgehead atoms. The van der Waals surface area contributed by atoms with Crippen LogP contribution in [0, 0.1) is 17.3 Å². The largest absolute Gasteiger partial charge is 0.461 e. The summed E-state index contributed by atoms with van der Waals surface area (Å²) in [6.45, 7) is 6.27. The number of amides is 3. The number of furan rings is 1. The summed E-state index contributed by atoms with van der Waals surface area (Å²) < 4.78 is 42.2. The highest BCUT2D eigenvalue weighted by atomic mass is 16.7. The standard InChI is InChI=1S/C43H53N3O17/c1-19(2)41-35(62-41)36-43(63-36)40(3)11-10-20-29(21(40)17-24-42(43,61-24)39(41)56)34(60-37(20)54)33(22-5-4-16-57-22)59-28(51)9-8-27(50)46-14-12-45(13-15-46)26(49)7-6-25(48)44-30-32(53)31(52)23(18-47)58-38(30)55/h4-5,16,19,21,23-24,30-32,35-36,38-39,47,52-53,55-56H,6-15,17-18H2,1-3H3,(H,44,48)/b34-33+/t21?,23-,24+,30-,31-,32-,35+,36+,38?,39-,40+,41+,42-,43-/m1/s1. The molecule has 342 valence electrons. The summed E-state index contributed by atoms with van der Waals surface area (Å²) in [5.74, 6) is -2.81. The van der Waals surface area contributed by atoms with Crippen LogP contribution in [0.25, 0.3) is 5.76 Å². The lowest BCUT2D eigenvalue weighted by atomic mass is 9.46. The molecule has 3 amide bonds. The number of aliphatic hydroxyl groups excluding tert-OH is 5. The quantitative estimate of drug-likeness (QED) is 0.0861. The van der Waals surface area contributed by atoms with E-state index in [1.165, 1.54) is 16.1 Å². The van der Waals surface area contributed by atoms with Crippen LogP contribution in [-0.4, -0.2) is 170 Å². The average Bonchev–Trinajstić information content (AvgIpc) is 4.22. The van der Waals surface area contributed by atoms with Crippen LogP contribution in [0.15, 0.2) is 39.7 Å².